The van der Waals surface area contributed by atoms with Gasteiger partial charge in [0, 0.05) is 12.6 Å². The zero-order chi connectivity index (χ0) is 11.9. The number of rotatable bonds is 3. The first-order valence-electron chi connectivity index (χ1n) is 7.50. The highest BCUT2D eigenvalue weighted by molar-refractivity contribution is 5.06. The fourth-order valence-electron chi connectivity index (χ4n) is 3.03. The van der Waals surface area contributed by atoms with Crippen LogP contribution >= 0.6 is 0 Å². The molecule has 0 atom stereocenters. The van der Waals surface area contributed by atoms with Gasteiger partial charge in [-0.1, -0.05) is 24.5 Å². The molecule has 2 nitrogen and oxygen atoms in total. The molecule has 1 saturated carbocycles. The van der Waals surface area contributed by atoms with Crippen LogP contribution in [0.25, 0.3) is 0 Å². The number of allylic oxidation sites excluding steroid dienone is 1. The Morgan fingerprint density at radius 2 is 1.71 bits per heavy atom. The van der Waals surface area contributed by atoms with Gasteiger partial charge in [0.1, 0.15) is 0 Å². The second kappa shape index (κ2) is 7.17. The molecule has 1 saturated heterocycles. The van der Waals surface area contributed by atoms with Crippen LogP contribution in [0.15, 0.2) is 11.6 Å². The van der Waals surface area contributed by atoms with E-state index in [-0.39, 0.29) is 0 Å². The number of hydrogen-bond acceptors (Lipinski definition) is 2. The number of nitrogens with zero attached hydrogens (tertiary/aromatic N) is 1. The molecule has 1 aliphatic heterocycles. The number of hydrogen-bond donors (Lipinski definition) is 1. The van der Waals surface area contributed by atoms with Crippen molar-refractivity contribution >= 4 is 0 Å². The van der Waals surface area contributed by atoms with E-state index in [9.17, 15) is 0 Å². The fourth-order valence-corrected chi connectivity index (χ4v) is 3.03. The molecule has 17 heavy (non-hydrogen) atoms. The largest absolute Gasteiger partial charge is 0.328 e. The van der Waals surface area contributed by atoms with Crippen LogP contribution in [0, 0.1) is 0 Å². The van der Waals surface area contributed by atoms with Gasteiger partial charge < -0.3 is 10.6 Å². The molecule has 2 heteroatoms. The molecule has 1 aliphatic carbocycles. The number of nitrogens with two attached hydrogens (primary N) is 1. The Morgan fingerprint density at radius 1 is 1.06 bits per heavy atom. The van der Waals surface area contributed by atoms with Crippen LogP contribution in [-0.4, -0.2) is 30.6 Å². The Kier molecular flexibility index (Phi) is 5.53. The van der Waals surface area contributed by atoms with Gasteiger partial charge in [-0.2, -0.15) is 0 Å². The SMILES string of the molecule is NC1CCC(=CCCN2CCCCCC2)CC1. The quantitative estimate of drug-likeness (QED) is 0.763. The highest BCUT2D eigenvalue weighted by Crippen LogP contribution is 2.22. The minimum atomic E-state index is 0.470. The predicted octanol–water partition coefficient (Wildman–Crippen LogP) is 3.08. The van der Waals surface area contributed by atoms with Crippen LogP contribution in [0.4, 0.5) is 0 Å². The van der Waals surface area contributed by atoms with E-state index in [0.717, 1.165) is 0 Å². The van der Waals surface area contributed by atoms with Gasteiger partial charge in [-0.05, 0) is 58.0 Å². The molecule has 0 amide bonds. The predicted molar refractivity (Wildman–Crippen MR) is 74.1 cm³/mol. The molecule has 98 valence electrons. The van der Waals surface area contributed by atoms with Crippen molar-refractivity contribution < 1.29 is 0 Å². The van der Waals surface area contributed by atoms with Gasteiger partial charge >= 0.3 is 0 Å². The smallest absolute Gasteiger partial charge is 0.00449 e. The zero-order valence-electron chi connectivity index (χ0n) is 11.2. The first-order chi connectivity index (χ1) is 8.34. The lowest BCUT2D eigenvalue weighted by Gasteiger charge is -2.21. The van der Waals surface area contributed by atoms with Crippen LogP contribution < -0.4 is 5.73 Å². The minimum Gasteiger partial charge on any atom is -0.328 e. The summed E-state index contributed by atoms with van der Waals surface area (Å²) in [4.78, 5) is 2.65. The summed E-state index contributed by atoms with van der Waals surface area (Å²) in [6.45, 7) is 3.93. The van der Waals surface area contributed by atoms with Gasteiger partial charge in [-0.25, -0.2) is 0 Å². The van der Waals surface area contributed by atoms with Crippen LogP contribution in [-0.2, 0) is 0 Å². The third-order valence-electron chi connectivity index (χ3n) is 4.25. The molecule has 2 rings (SSSR count). The Labute approximate surface area is 106 Å². The summed E-state index contributed by atoms with van der Waals surface area (Å²) in [6.07, 6.45) is 14.4. The normalized spacial score (nSPS) is 27.8. The first-order valence-corrected chi connectivity index (χ1v) is 7.50. The van der Waals surface area contributed by atoms with Crippen molar-refractivity contribution in [3.63, 3.8) is 0 Å². The monoisotopic (exact) mass is 236 g/mol. The van der Waals surface area contributed by atoms with Gasteiger partial charge in [-0.15, -0.1) is 0 Å². The average molecular weight is 236 g/mol. The van der Waals surface area contributed by atoms with Crippen molar-refractivity contribution in [1.82, 2.24) is 4.90 Å². The molecule has 2 aliphatic rings. The topological polar surface area (TPSA) is 29.3 Å². The van der Waals surface area contributed by atoms with Crippen LogP contribution in [0.3, 0.4) is 0 Å². The van der Waals surface area contributed by atoms with E-state index < -0.39 is 0 Å². The first kappa shape index (κ1) is 13.1. The summed E-state index contributed by atoms with van der Waals surface area (Å²) < 4.78 is 0. The second-order valence-corrected chi connectivity index (χ2v) is 5.74. The van der Waals surface area contributed by atoms with Crippen molar-refractivity contribution in [2.45, 2.75) is 63.8 Å². The lowest BCUT2D eigenvalue weighted by atomic mass is 9.91. The van der Waals surface area contributed by atoms with Gasteiger partial charge in [0.25, 0.3) is 0 Å². The molecule has 0 spiro atoms. The summed E-state index contributed by atoms with van der Waals surface area (Å²) >= 11 is 0. The van der Waals surface area contributed by atoms with E-state index in [2.05, 4.69) is 11.0 Å². The standard InChI is InChI=1S/C15H28N2/c16-15-9-7-14(8-10-15)6-5-13-17-11-3-1-2-4-12-17/h6,15H,1-5,7-13,16H2. The molecule has 1 heterocycles. The van der Waals surface area contributed by atoms with E-state index in [1.54, 1.807) is 5.57 Å². The van der Waals surface area contributed by atoms with E-state index >= 15 is 0 Å². The minimum absolute atomic E-state index is 0.470. The lowest BCUT2D eigenvalue weighted by molar-refractivity contribution is 0.290. The van der Waals surface area contributed by atoms with Crippen molar-refractivity contribution in [3.05, 3.63) is 11.6 Å². The van der Waals surface area contributed by atoms with E-state index in [4.69, 9.17) is 5.73 Å². The molecule has 2 fully saturated rings. The lowest BCUT2D eigenvalue weighted by Crippen LogP contribution is -2.25. The van der Waals surface area contributed by atoms with Gasteiger partial charge in [-0.3, -0.25) is 0 Å². The molecule has 0 aromatic carbocycles. The molecular weight excluding hydrogens is 208 g/mol. The highest BCUT2D eigenvalue weighted by Gasteiger charge is 2.12. The molecule has 0 aromatic heterocycles. The van der Waals surface area contributed by atoms with Crippen molar-refractivity contribution in [2.75, 3.05) is 19.6 Å². The molecule has 0 radical (unpaired) electrons. The zero-order valence-corrected chi connectivity index (χ0v) is 11.2. The van der Waals surface area contributed by atoms with E-state index in [1.807, 2.05) is 0 Å². The second-order valence-electron chi connectivity index (χ2n) is 5.74. The fraction of sp³-hybridized carbons (Fsp3) is 0.867. The maximum atomic E-state index is 5.92. The number of likely N-dealkylation sites (tertiary alicyclic amines) is 1. The van der Waals surface area contributed by atoms with Gasteiger partial charge in [0.2, 0.25) is 0 Å². The Balaban J connectivity index is 1.65. The Bertz CT molecular complexity index is 229. The molecule has 2 N–H and O–H groups in total. The van der Waals surface area contributed by atoms with Crippen molar-refractivity contribution in [2.24, 2.45) is 5.73 Å². The van der Waals surface area contributed by atoms with E-state index in [0.29, 0.717) is 6.04 Å². The van der Waals surface area contributed by atoms with Crippen LogP contribution in [0.5, 0.6) is 0 Å². The molecule has 0 aromatic rings. The summed E-state index contributed by atoms with van der Waals surface area (Å²) in [5.74, 6) is 0. The molecule has 0 bridgehead atoms. The maximum absolute atomic E-state index is 5.92. The molecule has 0 unspecified atom stereocenters. The maximum Gasteiger partial charge on any atom is 0.00449 e. The van der Waals surface area contributed by atoms with Crippen molar-refractivity contribution in [3.8, 4) is 0 Å². The average Bonchev–Trinajstić information content (AvgIpc) is 2.60. The van der Waals surface area contributed by atoms with Crippen molar-refractivity contribution in [1.29, 1.82) is 0 Å². The highest BCUT2D eigenvalue weighted by atomic mass is 15.1. The summed E-state index contributed by atoms with van der Waals surface area (Å²) in [5, 5.41) is 0. The summed E-state index contributed by atoms with van der Waals surface area (Å²) in [5.41, 5.74) is 7.59. The van der Waals surface area contributed by atoms with E-state index in [1.165, 1.54) is 77.4 Å². The Morgan fingerprint density at radius 3 is 2.35 bits per heavy atom. The van der Waals surface area contributed by atoms with Gasteiger partial charge in [0.15, 0.2) is 0 Å². The molecular formula is C15H28N2. The van der Waals surface area contributed by atoms with Crippen LogP contribution in [0.1, 0.15) is 57.8 Å². The Hall–Kier alpha value is -0.340. The third kappa shape index (κ3) is 4.81. The third-order valence-corrected chi connectivity index (χ3v) is 4.25. The summed E-state index contributed by atoms with van der Waals surface area (Å²) in [7, 11) is 0. The van der Waals surface area contributed by atoms with Crippen LogP contribution in [0.2, 0.25) is 0 Å². The van der Waals surface area contributed by atoms with Gasteiger partial charge in [0.05, 0.1) is 0 Å². The summed E-state index contributed by atoms with van der Waals surface area (Å²) in [6, 6.07) is 0.470.